The van der Waals surface area contributed by atoms with Crippen molar-refractivity contribution < 1.29 is 8.78 Å². The second kappa shape index (κ2) is 7.67. The molecule has 1 saturated heterocycles. The monoisotopic (exact) mass is 387 g/mol. The highest BCUT2D eigenvalue weighted by molar-refractivity contribution is 5.84. The Morgan fingerprint density at radius 2 is 1.82 bits per heavy atom. The zero-order chi connectivity index (χ0) is 19.7. The Morgan fingerprint density at radius 1 is 1.11 bits per heavy atom. The summed E-state index contributed by atoms with van der Waals surface area (Å²) >= 11 is 0. The van der Waals surface area contributed by atoms with Gasteiger partial charge in [-0.1, -0.05) is 0 Å². The van der Waals surface area contributed by atoms with Crippen LogP contribution in [0.5, 0.6) is 0 Å². The number of nitrogens with zero attached hydrogens (tertiary/aromatic N) is 5. The predicted molar refractivity (Wildman–Crippen MR) is 104 cm³/mol. The Kier molecular flexibility index (Phi) is 5.08. The van der Waals surface area contributed by atoms with Crippen molar-refractivity contribution in [3.63, 3.8) is 0 Å². The highest BCUT2D eigenvalue weighted by Crippen LogP contribution is 2.25. The van der Waals surface area contributed by atoms with Gasteiger partial charge in [-0.05, 0) is 31.5 Å². The zero-order valence-corrected chi connectivity index (χ0v) is 15.9. The van der Waals surface area contributed by atoms with Crippen LogP contribution in [-0.4, -0.2) is 45.7 Å². The van der Waals surface area contributed by atoms with Gasteiger partial charge in [-0.3, -0.25) is 0 Å². The number of nitrogens with one attached hydrogen (secondary N) is 2. The minimum absolute atomic E-state index is 0.195. The number of anilines is 2. The third kappa shape index (κ3) is 3.75. The highest BCUT2D eigenvalue weighted by Gasteiger charge is 2.19. The van der Waals surface area contributed by atoms with Crippen molar-refractivity contribution in [1.29, 1.82) is 0 Å². The van der Waals surface area contributed by atoms with Gasteiger partial charge in [0.2, 0.25) is 5.95 Å². The molecule has 0 unspecified atom stereocenters. The largest absolute Gasteiger partial charge is 0.364 e. The van der Waals surface area contributed by atoms with Gasteiger partial charge in [-0.2, -0.15) is 9.97 Å². The lowest BCUT2D eigenvalue weighted by molar-refractivity contribution is 0.578. The second-order valence-corrected chi connectivity index (χ2v) is 7.16. The molecule has 4 rings (SSSR count). The molecule has 0 radical (unpaired) electrons. The molecule has 0 spiro atoms. The van der Waals surface area contributed by atoms with E-state index in [-0.39, 0.29) is 12.6 Å². The van der Waals surface area contributed by atoms with Gasteiger partial charge in [0.15, 0.2) is 17.0 Å². The van der Waals surface area contributed by atoms with Gasteiger partial charge in [-0.25, -0.2) is 13.8 Å². The van der Waals surface area contributed by atoms with Crippen molar-refractivity contribution in [3.8, 4) is 0 Å². The number of halogens is 2. The van der Waals surface area contributed by atoms with Crippen LogP contribution >= 0.6 is 0 Å². The van der Waals surface area contributed by atoms with E-state index >= 15 is 0 Å². The summed E-state index contributed by atoms with van der Waals surface area (Å²) in [5.74, 6) is -0.0163. The van der Waals surface area contributed by atoms with Crippen LogP contribution < -0.4 is 15.5 Å². The average molecular weight is 387 g/mol. The van der Waals surface area contributed by atoms with Gasteiger partial charge in [0.25, 0.3) is 0 Å². The summed E-state index contributed by atoms with van der Waals surface area (Å²) < 4.78 is 29.0. The number of piperazine rings is 1. The molecule has 0 bridgehead atoms. The molecule has 0 aliphatic carbocycles. The van der Waals surface area contributed by atoms with E-state index in [9.17, 15) is 8.78 Å². The van der Waals surface area contributed by atoms with E-state index in [4.69, 9.17) is 4.98 Å². The number of benzene rings is 1. The van der Waals surface area contributed by atoms with E-state index in [1.807, 2.05) is 4.57 Å². The van der Waals surface area contributed by atoms with Crippen LogP contribution in [0.15, 0.2) is 24.5 Å². The average Bonchev–Trinajstić information content (AvgIpc) is 3.10. The molecule has 0 amide bonds. The first-order chi connectivity index (χ1) is 13.5. The normalized spacial score (nSPS) is 14.8. The van der Waals surface area contributed by atoms with E-state index in [1.165, 1.54) is 12.1 Å². The Balaban J connectivity index is 1.70. The number of hydrogen-bond acceptors (Lipinski definition) is 6. The van der Waals surface area contributed by atoms with Crippen LogP contribution in [0.4, 0.5) is 20.5 Å². The summed E-state index contributed by atoms with van der Waals surface area (Å²) in [6.45, 7) is 7.74. The maximum atomic E-state index is 13.5. The number of hydrogen-bond donors (Lipinski definition) is 2. The summed E-state index contributed by atoms with van der Waals surface area (Å²) in [7, 11) is 0. The molecule has 3 heterocycles. The van der Waals surface area contributed by atoms with Gasteiger partial charge in [0, 0.05) is 44.8 Å². The van der Waals surface area contributed by atoms with E-state index in [0.717, 1.165) is 37.9 Å². The summed E-state index contributed by atoms with van der Waals surface area (Å²) in [5, 5.41) is 6.50. The lowest BCUT2D eigenvalue weighted by Gasteiger charge is -2.27. The summed E-state index contributed by atoms with van der Waals surface area (Å²) in [5.41, 5.74) is 1.88. The first kappa shape index (κ1) is 18.5. The maximum absolute atomic E-state index is 13.5. The van der Waals surface area contributed by atoms with Crippen LogP contribution in [0, 0.1) is 11.6 Å². The van der Waals surface area contributed by atoms with Crippen LogP contribution in [-0.2, 0) is 6.54 Å². The topological polar surface area (TPSA) is 70.9 Å². The van der Waals surface area contributed by atoms with E-state index in [1.54, 1.807) is 6.33 Å². The minimum atomic E-state index is -0.602. The first-order valence-electron chi connectivity index (χ1n) is 9.40. The third-order valence-electron chi connectivity index (χ3n) is 4.75. The van der Waals surface area contributed by atoms with Gasteiger partial charge in [0.1, 0.15) is 11.6 Å². The molecular formula is C19H23F2N7. The quantitative estimate of drug-likeness (QED) is 0.702. The lowest BCUT2D eigenvalue weighted by Crippen LogP contribution is -2.44. The maximum Gasteiger partial charge on any atom is 0.229 e. The minimum Gasteiger partial charge on any atom is -0.364 e. The fourth-order valence-corrected chi connectivity index (χ4v) is 3.31. The number of fused-ring (bicyclic) bond motifs is 1. The molecule has 3 aromatic rings. The van der Waals surface area contributed by atoms with Gasteiger partial charge in [-0.15, -0.1) is 0 Å². The fraction of sp³-hybridized carbons (Fsp3) is 0.421. The molecule has 1 fully saturated rings. The number of imidazole rings is 1. The molecule has 28 heavy (non-hydrogen) atoms. The molecule has 2 N–H and O–H groups in total. The van der Waals surface area contributed by atoms with Crippen molar-refractivity contribution >= 4 is 22.9 Å². The molecular weight excluding hydrogens is 364 g/mol. The number of aromatic nitrogens is 4. The molecule has 1 aromatic carbocycles. The highest BCUT2D eigenvalue weighted by atomic mass is 19.1. The molecule has 1 aliphatic heterocycles. The molecule has 2 aromatic heterocycles. The first-order valence-corrected chi connectivity index (χ1v) is 9.40. The van der Waals surface area contributed by atoms with Crippen molar-refractivity contribution in [2.45, 2.75) is 26.4 Å². The van der Waals surface area contributed by atoms with Crippen molar-refractivity contribution in [2.75, 3.05) is 36.4 Å². The molecule has 7 nitrogen and oxygen atoms in total. The van der Waals surface area contributed by atoms with Crippen molar-refractivity contribution in [3.05, 3.63) is 41.7 Å². The summed E-state index contributed by atoms with van der Waals surface area (Å²) in [6.07, 6.45) is 1.75. The standard InChI is InChI=1S/C19H23F2N7/c1-12(2)28-11-24-16-17(23-10-13-7-14(20)9-15(21)8-13)25-19(26-18(16)28)27-5-3-22-4-6-27/h7-9,11-12,22H,3-6,10H2,1-2H3,(H,23,25,26). The van der Waals surface area contributed by atoms with Crippen LogP contribution in [0.25, 0.3) is 11.2 Å². The summed E-state index contributed by atoms with van der Waals surface area (Å²) in [4.78, 5) is 16.0. The lowest BCUT2D eigenvalue weighted by atomic mass is 10.2. The van der Waals surface area contributed by atoms with E-state index < -0.39 is 11.6 Å². The zero-order valence-electron chi connectivity index (χ0n) is 15.9. The second-order valence-electron chi connectivity index (χ2n) is 7.16. The van der Waals surface area contributed by atoms with Gasteiger partial charge in [0.05, 0.1) is 6.33 Å². The van der Waals surface area contributed by atoms with Gasteiger partial charge >= 0.3 is 0 Å². The van der Waals surface area contributed by atoms with Crippen molar-refractivity contribution in [2.24, 2.45) is 0 Å². The van der Waals surface area contributed by atoms with E-state index in [2.05, 4.69) is 39.3 Å². The Labute approximate surface area is 161 Å². The van der Waals surface area contributed by atoms with Crippen LogP contribution in [0.1, 0.15) is 25.5 Å². The Morgan fingerprint density at radius 3 is 2.50 bits per heavy atom. The Bertz CT molecular complexity index is 960. The van der Waals surface area contributed by atoms with Crippen LogP contribution in [0.3, 0.4) is 0 Å². The molecule has 9 heteroatoms. The Hall–Kier alpha value is -2.81. The molecule has 148 valence electrons. The predicted octanol–water partition coefficient (Wildman–Crippen LogP) is 2.71. The van der Waals surface area contributed by atoms with Crippen LogP contribution in [0.2, 0.25) is 0 Å². The third-order valence-corrected chi connectivity index (χ3v) is 4.75. The molecule has 0 saturated carbocycles. The van der Waals surface area contributed by atoms with E-state index in [0.29, 0.717) is 22.8 Å². The molecule has 1 aliphatic rings. The van der Waals surface area contributed by atoms with Crippen molar-refractivity contribution in [1.82, 2.24) is 24.8 Å². The fourth-order valence-electron chi connectivity index (χ4n) is 3.31. The SMILES string of the molecule is CC(C)n1cnc2c(NCc3cc(F)cc(F)c3)nc(N3CCNCC3)nc21. The summed E-state index contributed by atoms with van der Waals surface area (Å²) in [6, 6.07) is 3.66. The van der Waals surface area contributed by atoms with Gasteiger partial charge < -0.3 is 20.1 Å². The number of rotatable bonds is 5. The molecule has 0 atom stereocenters. The smallest absolute Gasteiger partial charge is 0.229 e.